The Bertz CT molecular complexity index is 368. The van der Waals surface area contributed by atoms with Gasteiger partial charge in [-0.25, -0.2) is 4.39 Å². The fourth-order valence-corrected chi connectivity index (χ4v) is 2.24. The topological polar surface area (TPSA) is 30.5 Å². The Balaban J connectivity index is 3.20. The zero-order chi connectivity index (χ0) is 13.7. The highest BCUT2D eigenvalue weighted by Gasteiger charge is 2.26. The number of methoxy groups -OCH3 is 2. The highest BCUT2D eigenvalue weighted by Crippen LogP contribution is 2.26. The second-order valence-electron chi connectivity index (χ2n) is 4.35. The molecule has 1 rings (SSSR count). The number of hydrogen-bond donors (Lipinski definition) is 1. The van der Waals surface area contributed by atoms with Gasteiger partial charge in [0.1, 0.15) is 5.82 Å². The van der Waals surface area contributed by atoms with Crippen LogP contribution in [0.15, 0.2) is 12.1 Å². The molecule has 0 aliphatic heterocycles. The lowest BCUT2D eigenvalue weighted by Gasteiger charge is -2.27. The summed E-state index contributed by atoms with van der Waals surface area (Å²) < 4.78 is 24.7. The van der Waals surface area contributed by atoms with Crippen LogP contribution in [0.1, 0.15) is 29.7 Å². The average Bonchev–Trinajstić information content (AvgIpc) is 2.29. The fourth-order valence-electron chi connectivity index (χ4n) is 2.24. The van der Waals surface area contributed by atoms with Crippen LogP contribution in [0.2, 0.25) is 0 Å². The van der Waals surface area contributed by atoms with Gasteiger partial charge in [-0.1, -0.05) is 13.0 Å². The summed E-state index contributed by atoms with van der Waals surface area (Å²) in [7, 11) is 3.11. The zero-order valence-corrected chi connectivity index (χ0v) is 11.7. The lowest BCUT2D eigenvalue weighted by Crippen LogP contribution is -2.35. The largest absolute Gasteiger partial charge is 0.354 e. The summed E-state index contributed by atoms with van der Waals surface area (Å²) in [4.78, 5) is 0. The van der Waals surface area contributed by atoms with Crippen molar-refractivity contribution in [3.63, 3.8) is 0 Å². The maximum Gasteiger partial charge on any atom is 0.176 e. The van der Waals surface area contributed by atoms with Gasteiger partial charge >= 0.3 is 0 Å². The van der Waals surface area contributed by atoms with Crippen LogP contribution >= 0.6 is 0 Å². The van der Waals surface area contributed by atoms with E-state index in [1.807, 2.05) is 26.8 Å². The molecule has 1 N–H and O–H groups in total. The summed E-state index contributed by atoms with van der Waals surface area (Å²) in [6.45, 7) is 6.46. The van der Waals surface area contributed by atoms with Gasteiger partial charge in [-0.3, -0.25) is 0 Å². The number of aryl methyl sites for hydroxylation is 2. The molecule has 0 bridgehead atoms. The molecule has 0 aromatic heterocycles. The van der Waals surface area contributed by atoms with E-state index < -0.39 is 6.29 Å². The molecule has 0 aliphatic carbocycles. The van der Waals surface area contributed by atoms with Crippen molar-refractivity contribution in [2.45, 2.75) is 33.1 Å². The van der Waals surface area contributed by atoms with Crippen molar-refractivity contribution in [2.24, 2.45) is 0 Å². The van der Waals surface area contributed by atoms with E-state index in [1.165, 1.54) is 6.07 Å². The van der Waals surface area contributed by atoms with Crippen molar-refractivity contribution >= 4 is 0 Å². The Morgan fingerprint density at radius 2 is 1.83 bits per heavy atom. The Morgan fingerprint density at radius 1 is 1.22 bits per heavy atom. The van der Waals surface area contributed by atoms with Gasteiger partial charge in [0.05, 0.1) is 6.04 Å². The maximum atomic E-state index is 14.2. The first-order chi connectivity index (χ1) is 8.54. The van der Waals surface area contributed by atoms with Crippen LogP contribution in [-0.2, 0) is 9.47 Å². The average molecular weight is 255 g/mol. The highest BCUT2D eigenvalue weighted by molar-refractivity contribution is 5.34. The smallest absolute Gasteiger partial charge is 0.176 e. The van der Waals surface area contributed by atoms with Crippen LogP contribution in [0.5, 0.6) is 0 Å². The molecule has 1 unspecified atom stereocenters. The van der Waals surface area contributed by atoms with Crippen LogP contribution in [0, 0.1) is 19.7 Å². The van der Waals surface area contributed by atoms with Gasteiger partial charge in [0.15, 0.2) is 6.29 Å². The first kappa shape index (κ1) is 15.1. The molecule has 4 heteroatoms. The summed E-state index contributed by atoms with van der Waals surface area (Å²) in [6, 6.07) is 3.19. The van der Waals surface area contributed by atoms with Crippen molar-refractivity contribution in [1.82, 2.24) is 5.32 Å². The fraction of sp³-hybridized carbons (Fsp3) is 0.571. The van der Waals surface area contributed by atoms with Crippen LogP contribution < -0.4 is 5.32 Å². The molecule has 1 atom stereocenters. The standard InChI is InChI=1S/C14H22FNO2/c1-6-16-13(14(17-4)18-5)12-10(3)7-9(2)8-11(12)15/h7-8,13-14,16H,6H2,1-5H3. The van der Waals surface area contributed by atoms with Crippen LogP contribution in [0.4, 0.5) is 4.39 Å². The lowest BCUT2D eigenvalue weighted by atomic mass is 9.97. The van der Waals surface area contributed by atoms with Crippen molar-refractivity contribution in [3.8, 4) is 0 Å². The molecule has 102 valence electrons. The minimum Gasteiger partial charge on any atom is -0.354 e. The molecule has 0 saturated carbocycles. The number of nitrogens with one attached hydrogen (secondary N) is 1. The summed E-state index contributed by atoms with van der Waals surface area (Å²) in [5, 5.41) is 3.21. The molecule has 0 radical (unpaired) electrons. The molecule has 0 amide bonds. The molecule has 1 aromatic rings. The minimum atomic E-state index is -0.513. The molecule has 0 spiro atoms. The van der Waals surface area contributed by atoms with Crippen molar-refractivity contribution in [3.05, 3.63) is 34.6 Å². The maximum absolute atomic E-state index is 14.2. The van der Waals surface area contributed by atoms with Crippen LogP contribution in [0.3, 0.4) is 0 Å². The van der Waals surface area contributed by atoms with Gasteiger partial charge in [0.25, 0.3) is 0 Å². The van der Waals surface area contributed by atoms with Crippen molar-refractivity contribution in [2.75, 3.05) is 20.8 Å². The molecular weight excluding hydrogens is 233 g/mol. The Hall–Kier alpha value is -0.970. The van der Waals surface area contributed by atoms with Gasteiger partial charge in [0, 0.05) is 19.8 Å². The van der Waals surface area contributed by atoms with E-state index >= 15 is 0 Å². The van der Waals surface area contributed by atoms with E-state index in [1.54, 1.807) is 14.2 Å². The van der Waals surface area contributed by atoms with Gasteiger partial charge in [0.2, 0.25) is 0 Å². The van der Waals surface area contributed by atoms with E-state index in [4.69, 9.17) is 9.47 Å². The molecular formula is C14H22FNO2. The molecule has 0 saturated heterocycles. The Morgan fingerprint density at radius 3 is 2.28 bits per heavy atom. The van der Waals surface area contributed by atoms with Gasteiger partial charge < -0.3 is 14.8 Å². The first-order valence-electron chi connectivity index (χ1n) is 6.10. The second-order valence-corrected chi connectivity index (χ2v) is 4.35. The number of rotatable bonds is 6. The van der Waals surface area contributed by atoms with E-state index in [-0.39, 0.29) is 11.9 Å². The summed E-state index contributed by atoms with van der Waals surface area (Å²) in [5.74, 6) is -0.224. The van der Waals surface area contributed by atoms with Crippen molar-refractivity contribution in [1.29, 1.82) is 0 Å². The molecule has 0 heterocycles. The quantitative estimate of drug-likeness (QED) is 0.793. The highest BCUT2D eigenvalue weighted by atomic mass is 19.1. The number of hydrogen-bond acceptors (Lipinski definition) is 3. The van der Waals surface area contributed by atoms with E-state index in [0.717, 1.165) is 11.1 Å². The minimum absolute atomic E-state index is 0.224. The van der Waals surface area contributed by atoms with Gasteiger partial charge in [-0.15, -0.1) is 0 Å². The van der Waals surface area contributed by atoms with Crippen LogP contribution in [-0.4, -0.2) is 27.1 Å². The molecule has 0 aliphatic rings. The third-order valence-corrected chi connectivity index (χ3v) is 2.95. The zero-order valence-electron chi connectivity index (χ0n) is 11.7. The monoisotopic (exact) mass is 255 g/mol. The van der Waals surface area contributed by atoms with E-state index in [2.05, 4.69) is 5.32 Å². The van der Waals surface area contributed by atoms with E-state index in [0.29, 0.717) is 12.1 Å². The third kappa shape index (κ3) is 3.28. The Kier molecular flexibility index (Phi) is 5.72. The number of benzene rings is 1. The summed E-state index contributed by atoms with van der Waals surface area (Å²) in [6.07, 6.45) is -0.513. The Labute approximate surface area is 108 Å². The summed E-state index contributed by atoms with van der Waals surface area (Å²) >= 11 is 0. The second kappa shape index (κ2) is 6.83. The predicted molar refractivity (Wildman–Crippen MR) is 70.1 cm³/mol. The van der Waals surface area contributed by atoms with Gasteiger partial charge in [-0.2, -0.15) is 0 Å². The molecule has 18 heavy (non-hydrogen) atoms. The number of likely N-dealkylation sites (N-methyl/N-ethyl adjacent to an activating group) is 1. The summed E-state index contributed by atoms with van der Waals surface area (Å²) in [5.41, 5.74) is 2.42. The number of ether oxygens (including phenoxy) is 2. The normalized spacial score (nSPS) is 13.1. The number of halogens is 1. The first-order valence-corrected chi connectivity index (χ1v) is 6.10. The lowest BCUT2D eigenvalue weighted by molar-refractivity contribution is -0.124. The molecule has 3 nitrogen and oxygen atoms in total. The SMILES string of the molecule is CCNC(c1c(C)cc(C)cc1F)C(OC)OC. The van der Waals surface area contributed by atoms with Gasteiger partial charge in [-0.05, 0) is 37.6 Å². The van der Waals surface area contributed by atoms with Crippen LogP contribution in [0.25, 0.3) is 0 Å². The molecule has 0 fully saturated rings. The predicted octanol–water partition coefficient (Wildman–Crippen LogP) is 2.71. The van der Waals surface area contributed by atoms with E-state index in [9.17, 15) is 4.39 Å². The third-order valence-electron chi connectivity index (χ3n) is 2.95. The molecule has 1 aromatic carbocycles. The van der Waals surface area contributed by atoms with Crippen molar-refractivity contribution < 1.29 is 13.9 Å².